The van der Waals surface area contributed by atoms with Crippen LogP contribution in [0.1, 0.15) is 5.56 Å². The molecule has 0 atom stereocenters. The lowest BCUT2D eigenvalue weighted by molar-refractivity contribution is 0.324. The van der Waals surface area contributed by atoms with Crippen LogP contribution in [0.15, 0.2) is 17.1 Å². The lowest BCUT2D eigenvalue weighted by atomic mass is 10.1. The largest absolute Gasteiger partial charge is 0.487 e. The topological polar surface area (TPSA) is 57.7 Å². The predicted molar refractivity (Wildman–Crippen MR) is 68.3 cm³/mol. The Bertz CT molecular complexity index is 462. The summed E-state index contributed by atoms with van der Waals surface area (Å²) < 4.78 is 5.72. The molecule has 0 unspecified atom stereocenters. The summed E-state index contributed by atoms with van der Waals surface area (Å²) in [4.78, 5) is 4.54. The van der Waals surface area contributed by atoms with E-state index < -0.39 is 0 Å². The molecule has 1 aromatic carbocycles. The highest BCUT2D eigenvalue weighted by molar-refractivity contribution is 5.86. The third kappa shape index (κ3) is 1.88. The number of aliphatic imine (C=N–C) groups is 1. The fourth-order valence-electron chi connectivity index (χ4n) is 2.08. The Morgan fingerprint density at radius 1 is 1.12 bits per heavy atom. The second-order valence-corrected chi connectivity index (χ2v) is 4.19. The molecule has 1 fully saturated rings. The van der Waals surface area contributed by atoms with Gasteiger partial charge in [0, 0.05) is 19.6 Å². The first-order valence-electron chi connectivity index (χ1n) is 5.91. The van der Waals surface area contributed by atoms with Crippen LogP contribution in [-0.4, -0.2) is 32.2 Å². The normalized spacial score (nSPS) is 17.4. The molecule has 0 aliphatic carbocycles. The summed E-state index contributed by atoms with van der Waals surface area (Å²) >= 11 is 0. The van der Waals surface area contributed by atoms with Gasteiger partial charge in [-0.3, -0.25) is 0 Å². The van der Waals surface area contributed by atoms with E-state index in [0.29, 0.717) is 6.61 Å². The molecular formula is C12H16N4O. The number of hydrogen-bond acceptors (Lipinski definition) is 3. The first-order valence-corrected chi connectivity index (χ1v) is 5.91. The summed E-state index contributed by atoms with van der Waals surface area (Å²) in [6.45, 7) is 5.46. The molecule has 2 heterocycles. The number of rotatable bonds is 1. The highest BCUT2D eigenvalue weighted by atomic mass is 16.5. The van der Waals surface area contributed by atoms with Crippen LogP contribution in [0.2, 0.25) is 0 Å². The second kappa shape index (κ2) is 4.16. The van der Waals surface area contributed by atoms with E-state index in [0.717, 1.165) is 42.7 Å². The average molecular weight is 232 g/mol. The van der Waals surface area contributed by atoms with Crippen molar-refractivity contribution in [2.45, 2.75) is 6.92 Å². The second-order valence-electron chi connectivity index (χ2n) is 4.19. The van der Waals surface area contributed by atoms with E-state index in [-0.39, 0.29) is 0 Å². The number of nitrogens with one attached hydrogen (secondary N) is 3. The van der Waals surface area contributed by atoms with Gasteiger partial charge in [-0.2, -0.15) is 0 Å². The average Bonchev–Trinajstić information content (AvgIpc) is 2.86. The zero-order valence-electron chi connectivity index (χ0n) is 9.84. The molecule has 2 aliphatic rings. The predicted octanol–water partition coefficient (Wildman–Crippen LogP) is 0.980. The molecule has 3 N–H and O–H groups in total. The maximum absolute atomic E-state index is 5.72. The summed E-state index contributed by atoms with van der Waals surface area (Å²) in [5.74, 6) is 1.68. The van der Waals surface area contributed by atoms with Crippen LogP contribution in [0.4, 0.5) is 11.4 Å². The van der Waals surface area contributed by atoms with Crippen molar-refractivity contribution in [3.8, 4) is 5.75 Å². The fraction of sp³-hybridized carbons (Fsp3) is 0.417. The lowest BCUT2D eigenvalue weighted by Crippen LogP contribution is -2.23. The van der Waals surface area contributed by atoms with Gasteiger partial charge >= 0.3 is 0 Å². The molecule has 0 amide bonds. The van der Waals surface area contributed by atoms with E-state index in [9.17, 15) is 0 Å². The van der Waals surface area contributed by atoms with Gasteiger partial charge in [0.15, 0.2) is 11.7 Å². The molecule has 0 aromatic heterocycles. The lowest BCUT2D eigenvalue weighted by Gasteiger charge is -2.22. The van der Waals surface area contributed by atoms with E-state index in [4.69, 9.17) is 4.74 Å². The summed E-state index contributed by atoms with van der Waals surface area (Å²) in [6, 6.07) is 4.06. The van der Waals surface area contributed by atoms with Gasteiger partial charge in [0.05, 0.1) is 5.69 Å². The minimum absolute atomic E-state index is 0.690. The van der Waals surface area contributed by atoms with Gasteiger partial charge in [0.2, 0.25) is 0 Å². The van der Waals surface area contributed by atoms with Gasteiger partial charge < -0.3 is 20.7 Å². The Morgan fingerprint density at radius 3 is 2.76 bits per heavy atom. The zero-order valence-corrected chi connectivity index (χ0v) is 9.84. The van der Waals surface area contributed by atoms with Gasteiger partial charge in [0.1, 0.15) is 12.3 Å². The number of fused-ring (bicyclic) bond motifs is 1. The third-order valence-electron chi connectivity index (χ3n) is 2.94. The SMILES string of the molecule is Cc1ccc(N=C2NCCN2)c2c1NCCO2. The Balaban J connectivity index is 2.02. The van der Waals surface area contributed by atoms with Crippen molar-refractivity contribution >= 4 is 17.3 Å². The monoisotopic (exact) mass is 232 g/mol. The molecule has 17 heavy (non-hydrogen) atoms. The first-order chi connectivity index (χ1) is 8.34. The molecule has 0 saturated carbocycles. The Labute approximate surface area is 100 Å². The zero-order chi connectivity index (χ0) is 11.7. The fourth-order valence-corrected chi connectivity index (χ4v) is 2.08. The number of guanidine groups is 1. The van der Waals surface area contributed by atoms with Crippen molar-refractivity contribution in [2.75, 3.05) is 31.6 Å². The molecule has 1 saturated heterocycles. The summed E-state index contributed by atoms with van der Waals surface area (Å²) in [5, 5.41) is 9.74. The van der Waals surface area contributed by atoms with E-state index >= 15 is 0 Å². The molecule has 5 heteroatoms. The minimum Gasteiger partial charge on any atom is -0.487 e. The van der Waals surface area contributed by atoms with Crippen molar-refractivity contribution in [2.24, 2.45) is 4.99 Å². The summed E-state index contributed by atoms with van der Waals surface area (Å²) in [7, 11) is 0. The van der Waals surface area contributed by atoms with Crippen molar-refractivity contribution in [1.82, 2.24) is 10.6 Å². The Hall–Kier alpha value is -1.91. The molecule has 1 aromatic rings. The number of anilines is 1. The smallest absolute Gasteiger partial charge is 0.196 e. The van der Waals surface area contributed by atoms with Crippen molar-refractivity contribution in [1.29, 1.82) is 0 Å². The number of ether oxygens (including phenoxy) is 1. The van der Waals surface area contributed by atoms with Crippen LogP contribution in [0.5, 0.6) is 5.75 Å². The van der Waals surface area contributed by atoms with Crippen LogP contribution >= 0.6 is 0 Å². The van der Waals surface area contributed by atoms with Gasteiger partial charge in [-0.1, -0.05) is 6.07 Å². The quantitative estimate of drug-likeness (QED) is 0.675. The molecule has 2 aliphatic heterocycles. The van der Waals surface area contributed by atoms with Gasteiger partial charge in [0.25, 0.3) is 0 Å². The molecule has 0 spiro atoms. The highest BCUT2D eigenvalue weighted by Gasteiger charge is 2.17. The van der Waals surface area contributed by atoms with E-state index in [1.807, 2.05) is 6.07 Å². The van der Waals surface area contributed by atoms with E-state index in [1.165, 1.54) is 5.56 Å². The minimum atomic E-state index is 0.690. The van der Waals surface area contributed by atoms with E-state index in [2.05, 4.69) is 33.9 Å². The standard InChI is InChI=1S/C12H16N4O/c1-8-2-3-9(16-12-14-4-5-15-12)11-10(8)13-6-7-17-11/h2-3,13H,4-7H2,1H3,(H2,14,15,16). The number of hydrogen-bond donors (Lipinski definition) is 3. The molecular weight excluding hydrogens is 216 g/mol. The molecule has 3 rings (SSSR count). The number of nitrogens with zero attached hydrogens (tertiary/aromatic N) is 1. The van der Waals surface area contributed by atoms with Gasteiger partial charge in [-0.15, -0.1) is 0 Å². The van der Waals surface area contributed by atoms with Crippen molar-refractivity contribution < 1.29 is 4.74 Å². The Kier molecular flexibility index (Phi) is 2.51. The van der Waals surface area contributed by atoms with Crippen molar-refractivity contribution in [3.63, 3.8) is 0 Å². The summed E-state index contributed by atoms with van der Waals surface area (Å²) in [6.07, 6.45) is 0. The van der Waals surface area contributed by atoms with Crippen LogP contribution in [0.3, 0.4) is 0 Å². The molecule has 5 nitrogen and oxygen atoms in total. The molecule has 0 radical (unpaired) electrons. The maximum Gasteiger partial charge on any atom is 0.196 e. The third-order valence-corrected chi connectivity index (χ3v) is 2.94. The summed E-state index contributed by atoms with van der Waals surface area (Å²) in [5.41, 5.74) is 3.13. The van der Waals surface area contributed by atoms with Crippen LogP contribution in [0, 0.1) is 6.92 Å². The van der Waals surface area contributed by atoms with Gasteiger partial charge in [-0.05, 0) is 18.6 Å². The molecule has 0 bridgehead atoms. The highest BCUT2D eigenvalue weighted by Crippen LogP contribution is 2.39. The van der Waals surface area contributed by atoms with E-state index in [1.54, 1.807) is 0 Å². The van der Waals surface area contributed by atoms with Gasteiger partial charge in [-0.25, -0.2) is 4.99 Å². The number of aryl methyl sites for hydroxylation is 1. The number of benzene rings is 1. The van der Waals surface area contributed by atoms with Crippen molar-refractivity contribution in [3.05, 3.63) is 17.7 Å². The van der Waals surface area contributed by atoms with Crippen LogP contribution in [0.25, 0.3) is 0 Å². The molecule has 90 valence electrons. The first kappa shape index (κ1) is 10.3. The Morgan fingerprint density at radius 2 is 1.94 bits per heavy atom. The van der Waals surface area contributed by atoms with Crippen LogP contribution in [-0.2, 0) is 0 Å². The van der Waals surface area contributed by atoms with Crippen LogP contribution < -0.4 is 20.7 Å². The maximum atomic E-state index is 5.72.